The van der Waals surface area contributed by atoms with Crippen molar-refractivity contribution in [1.82, 2.24) is 23.8 Å². The SMILES string of the molecule is Cc1cc(Nc2nc(NC3CCC(N4CCOCC4)CC3)c3c(ccn3-c3ccccc3)n2)sn1. The molecule has 4 aromatic rings. The number of hydrogen-bond donors (Lipinski definition) is 2. The molecule has 3 aromatic heterocycles. The summed E-state index contributed by atoms with van der Waals surface area (Å²) in [6, 6.07) is 15.5. The quantitative estimate of drug-likeness (QED) is 0.395. The van der Waals surface area contributed by atoms with Gasteiger partial charge in [0.25, 0.3) is 0 Å². The maximum absolute atomic E-state index is 5.55. The van der Waals surface area contributed by atoms with E-state index in [1.54, 1.807) is 0 Å². The minimum atomic E-state index is 0.392. The summed E-state index contributed by atoms with van der Waals surface area (Å²) in [5.74, 6) is 1.47. The van der Waals surface area contributed by atoms with Crippen LogP contribution in [0.5, 0.6) is 0 Å². The molecule has 4 heterocycles. The summed E-state index contributed by atoms with van der Waals surface area (Å²) in [6.45, 7) is 5.84. The predicted molar refractivity (Wildman–Crippen MR) is 141 cm³/mol. The molecule has 0 bridgehead atoms. The van der Waals surface area contributed by atoms with Crippen molar-refractivity contribution in [3.05, 3.63) is 54.4 Å². The van der Waals surface area contributed by atoms with E-state index in [2.05, 4.69) is 61.0 Å². The van der Waals surface area contributed by atoms with Crippen LogP contribution in [0.3, 0.4) is 0 Å². The molecule has 0 unspecified atom stereocenters. The summed E-state index contributed by atoms with van der Waals surface area (Å²) in [5.41, 5.74) is 4.02. The van der Waals surface area contributed by atoms with Crippen molar-refractivity contribution >= 4 is 39.3 Å². The van der Waals surface area contributed by atoms with Gasteiger partial charge in [0.2, 0.25) is 5.95 Å². The van der Waals surface area contributed by atoms with Crippen molar-refractivity contribution in [2.45, 2.75) is 44.7 Å². The van der Waals surface area contributed by atoms with E-state index in [0.29, 0.717) is 18.0 Å². The van der Waals surface area contributed by atoms with Crippen molar-refractivity contribution in [2.75, 3.05) is 36.9 Å². The summed E-state index contributed by atoms with van der Waals surface area (Å²) in [4.78, 5) is 12.4. The van der Waals surface area contributed by atoms with Gasteiger partial charge in [0.05, 0.1) is 24.4 Å². The van der Waals surface area contributed by atoms with Crippen molar-refractivity contribution in [3.8, 4) is 5.69 Å². The van der Waals surface area contributed by atoms with Gasteiger partial charge in [-0.25, -0.2) is 4.98 Å². The number of aryl methyl sites for hydroxylation is 1. The van der Waals surface area contributed by atoms with Crippen LogP contribution in [-0.2, 0) is 4.74 Å². The highest BCUT2D eigenvalue weighted by molar-refractivity contribution is 7.10. The summed E-state index contributed by atoms with van der Waals surface area (Å²) in [7, 11) is 0. The van der Waals surface area contributed by atoms with Crippen molar-refractivity contribution in [2.24, 2.45) is 0 Å². The van der Waals surface area contributed by atoms with E-state index in [9.17, 15) is 0 Å². The lowest BCUT2D eigenvalue weighted by Crippen LogP contribution is -2.46. The van der Waals surface area contributed by atoms with Gasteiger partial charge in [-0.15, -0.1) is 0 Å². The third-order valence-electron chi connectivity index (χ3n) is 7.03. The Bertz CT molecular complexity index is 1270. The monoisotopic (exact) mass is 489 g/mol. The molecule has 0 radical (unpaired) electrons. The highest BCUT2D eigenvalue weighted by Gasteiger charge is 2.28. The minimum absolute atomic E-state index is 0.392. The highest BCUT2D eigenvalue weighted by atomic mass is 32.1. The van der Waals surface area contributed by atoms with Crippen LogP contribution >= 0.6 is 11.5 Å². The van der Waals surface area contributed by atoms with Crippen LogP contribution in [0.4, 0.5) is 16.8 Å². The number of benzene rings is 1. The number of aromatic nitrogens is 4. The number of anilines is 3. The van der Waals surface area contributed by atoms with Gasteiger partial charge in [0, 0.05) is 37.1 Å². The van der Waals surface area contributed by atoms with Gasteiger partial charge >= 0.3 is 0 Å². The van der Waals surface area contributed by atoms with Crippen molar-refractivity contribution < 1.29 is 4.74 Å². The average Bonchev–Trinajstić information content (AvgIpc) is 3.51. The van der Waals surface area contributed by atoms with Crippen molar-refractivity contribution in [1.29, 1.82) is 0 Å². The molecule has 0 atom stereocenters. The van der Waals surface area contributed by atoms with E-state index >= 15 is 0 Å². The minimum Gasteiger partial charge on any atom is -0.379 e. The van der Waals surface area contributed by atoms with E-state index in [-0.39, 0.29) is 0 Å². The standard InChI is InChI=1S/C26H31N7OS/c1-18-17-23(35-31-18)29-26-28-22-11-12-33(21-5-3-2-4-6-21)24(22)25(30-26)27-19-7-9-20(10-8-19)32-13-15-34-16-14-32/h2-6,11-12,17,19-20H,7-10,13-16H2,1H3,(H2,27,28,29,30). The van der Waals surface area contributed by atoms with Crippen LogP contribution in [0.25, 0.3) is 16.7 Å². The van der Waals surface area contributed by atoms with Gasteiger partial charge in [-0.2, -0.15) is 9.36 Å². The second-order valence-electron chi connectivity index (χ2n) is 9.41. The van der Waals surface area contributed by atoms with Crippen LogP contribution < -0.4 is 10.6 Å². The molecule has 6 rings (SSSR count). The van der Waals surface area contributed by atoms with Crippen LogP contribution in [0.15, 0.2) is 48.7 Å². The molecular weight excluding hydrogens is 458 g/mol. The maximum atomic E-state index is 5.55. The van der Waals surface area contributed by atoms with E-state index in [0.717, 1.165) is 72.4 Å². The van der Waals surface area contributed by atoms with Crippen LogP contribution in [-0.4, -0.2) is 62.2 Å². The number of nitrogens with one attached hydrogen (secondary N) is 2. The summed E-state index contributed by atoms with van der Waals surface area (Å²) in [6.07, 6.45) is 6.76. The molecule has 35 heavy (non-hydrogen) atoms. The van der Waals surface area contributed by atoms with Gasteiger partial charge in [0.15, 0.2) is 5.82 Å². The smallest absolute Gasteiger partial charge is 0.230 e. The molecule has 2 fully saturated rings. The Labute approximate surface area is 209 Å². The van der Waals surface area contributed by atoms with E-state index in [4.69, 9.17) is 14.7 Å². The van der Waals surface area contributed by atoms with Crippen LogP contribution in [0.2, 0.25) is 0 Å². The Morgan fingerprint density at radius 2 is 1.80 bits per heavy atom. The Balaban J connectivity index is 1.28. The topological polar surface area (TPSA) is 80.1 Å². The molecule has 1 aromatic carbocycles. The van der Waals surface area contributed by atoms with E-state index < -0.39 is 0 Å². The second-order valence-corrected chi connectivity index (χ2v) is 10.2. The van der Waals surface area contributed by atoms with Crippen LogP contribution in [0, 0.1) is 6.92 Å². The maximum Gasteiger partial charge on any atom is 0.230 e. The molecule has 1 aliphatic heterocycles. The number of fused-ring (bicyclic) bond motifs is 1. The van der Waals surface area contributed by atoms with Gasteiger partial charge in [0.1, 0.15) is 10.5 Å². The zero-order chi connectivity index (χ0) is 23.6. The Morgan fingerprint density at radius 3 is 2.54 bits per heavy atom. The van der Waals surface area contributed by atoms with E-state index in [1.807, 2.05) is 19.1 Å². The molecular formula is C26H31N7OS. The summed E-state index contributed by atoms with van der Waals surface area (Å²) in [5, 5.41) is 8.11. The fraction of sp³-hybridized carbons (Fsp3) is 0.423. The molecule has 1 saturated carbocycles. The molecule has 1 saturated heterocycles. The molecule has 0 amide bonds. The fourth-order valence-electron chi connectivity index (χ4n) is 5.26. The lowest BCUT2D eigenvalue weighted by Gasteiger charge is -2.39. The summed E-state index contributed by atoms with van der Waals surface area (Å²) < 4.78 is 12.1. The molecule has 8 nitrogen and oxygen atoms in total. The Morgan fingerprint density at radius 1 is 1.00 bits per heavy atom. The third kappa shape index (κ3) is 4.89. The molecule has 2 aliphatic rings. The molecule has 2 N–H and O–H groups in total. The predicted octanol–water partition coefficient (Wildman–Crippen LogP) is 4.98. The number of rotatable bonds is 6. The number of morpholine rings is 1. The van der Waals surface area contributed by atoms with Gasteiger partial charge in [-0.1, -0.05) is 18.2 Å². The fourth-order valence-corrected chi connectivity index (χ4v) is 5.92. The van der Waals surface area contributed by atoms with Gasteiger partial charge < -0.3 is 19.9 Å². The lowest BCUT2D eigenvalue weighted by atomic mass is 9.90. The first kappa shape index (κ1) is 22.5. The number of ether oxygens (including phenoxy) is 1. The first-order valence-electron chi connectivity index (χ1n) is 12.5. The third-order valence-corrected chi connectivity index (χ3v) is 7.83. The second kappa shape index (κ2) is 9.93. The van der Waals surface area contributed by atoms with Gasteiger partial charge in [-0.05, 0) is 68.4 Å². The number of nitrogens with zero attached hydrogens (tertiary/aromatic N) is 5. The van der Waals surface area contributed by atoms with Gasteiger partial charge in [-0.3, -0.25) is 4.90 Å². The highest BCUT2D eigenvalue weighted by Crippen LogP contribution is 2.31. The Hall–Kier alpha value is -3.01. The molecule has 0 spiro atoms. The molecule has 1 aliphatic carbocycles. The first-order chi connectivity index (χ1) is 17.2. The van der Waals surface area contributed by atoms with Crippen molar-refractivity contribution in [3.63, 3.8) is 0 Å². The van der Waals surface area contributed by atoms with E-state index in [1.165, 1.54) is 24.4 Å². The summed E-state index contributed by atoms with van der Waals surface area (Å²) >= 11 is 1.43. The molecule has 182 valence electrons. The normalized spacial score (nSPS) is 21.3. The number of hydrogen-bond acceptors (Lipinski definition) is 8. The zero-order valence-electron chi connectivity index (χ0n) is 20.0. The van der Waals surface area contributed by atoms with Crippen LogP contribution in [0.1, 0.15) is 31.4 Å². The first-order valence-corrected chi connectivity index (χ1v) is 13.2. The Kier molecular flexibility index (Phi) is 6.37. The number of para-hydroxylation sites is 1. The lowest BCUT2D eigenvalue weighted by molar-refractivity contribution is 0.00791. The molecule has 9 heteroatoms. The zero-order valence-corrected chi connectivity index (χ0v) is 20.8. The largest absolute Gasteiger partial charge is 0.379 e. The average molecular weight is 490 g/mol.